The number of nitrogens with two attached hydrogens (primary N) is 1. The highest BCUT2D eigenvalue weighted by Crippen LogP contribution is 2.17. The van der Waals surface area contributed by atoms with Crippen molar-refractivity contribution in [2.24, 2.45) is 11.7 Å². The van der Waals surface area contributed by atoms with Crippen LogP contribution in [0.5, 0.6) is 5.75 Å². The fourth-order valence-electron chi connectivity index (χ4n) is 2.07. The molecule has 18 heavy (non-hydrogen) atoms. The Labute approximate surface area is 106 Å². The number of aliphatic hydroxyl groups is 1. The van der Waals surface area contributed by atoms with Gasteiger partial charge in [-0.3, -0.25) is 4.79 Å². The number of likely N-dealkylation sites (tertiary alicyclic amines) is 1. The minimum absolute atomic E-state index is 0.0761. The molecule has 1 aliphatic heterocycles. The van der Waals surface area contributed by atoms with Crippen molar-refractivity contribution in [1.82, 2.24) is 4.90 Å². The third kappa shape index (κ3) is 2.80. The molecule has 0 aromatic heterocycles. The summed E-state index contributed by atoms with van der Waals surface area (Å²) in [5.74, 6) is 0.328. The van der Waals surface area contributed by atoms with Gasteiger partial charge in [-0.25, -0.2) is 0 Å². The largest absolute Gasteiger partial charge is 0.508 e. The number of amides is 1. The first-order chi connectivity index (χ1) is 8.60. The Morgan fingerprint density at radius 3 is 2.56 bits per heavy atom. The van der Waals surface area contributed by atoms with E-state index in [-0.39, 0.29) is 24.2 Å². The monoisotopic (exact) mass is 250 g/mol. The zero-order valence-corrected chi connectivity index (χ0v) is 10.1. The number of hydrogen-bond acceptors (Lipinski definition) is 4. The van der Waals surface area contributed by atoms with E-state index in [1.807, 2.05) is 0 Å². The van der Waals surface area contributed by atoms with Gasteiger partial charge in [-0.15, -0.1) is 0 Å². The third-order valence-corrected chi connectivity index (χ3v) is 3.24. The van der Waals surface area contributed by atoms with Gasteiger partial charge in [-0.1, -0.05) is 12.1 Å². The summed E-state index contributed by atoms with van der Waals surface area (Å²) in [4.78, 5) is 13.6. The number of carbonyl (C=O) groups is 1. The van der Waals surface area contributed by atoms with Crippen molar-refractivity contribution < 1.29 is 15.0 Å². The summed E-state index contributed by atoms with van der Waals surface area (Å²) in [6.45, 7) is 1.31. The summed E-state index contributed by atoms with van der Waals surface area (Å²) >= 11 is 0. The number of phenols is 1. The molecule has 98 valence electrons. The van der Waals surface area contributed by atoms with Crippen LogP contribution in [-0.2, 0) is 11.2 Å². The molecule has 1 atom stereocenters. The van der Waals surface area contributed by atoms with Crippen LogP contribution in [0.3, 0.4) is 0 Å². The lowest BCUT2D eigenvalue weighted by Gasteiger charge is -2.39. The highest BCUT2D eigenvalue weighted by Gasteiger charge is 2.32. The zero-order valence-electron chi connectivity index (χ0n) is 10.1. The molecule has 5 heteroatoms. The molecule has 2 rings (SSSR count). The van der Waals surface area contributed by atoms with Gasteiger partial charge in [0.25, 0.3) is 0 Å². The summed E-state index contributed by atoms with van der Waals surface area (Å²) in [5.41, 5.74) is 6.79. The van der Waals surface area contributed by atoms with Crippen molar-refractivity contribution in [1.29, 1.82) is 0 Å². The molecule has 0 radical (unpaired) electrons. The first-order valence-corrected chi connectivity index (χ1v) is 6.03. The number of hydrogen-bond donors (Lipinski definition) is 3. The van der Waals surface area contributed by atoms with Crippen LogP contribution in [0.1, 0.15) is 5.56 Å². The van der Waals surface area contributed by atoms with Gasteiger partial charge < -0.3 is 20.8 Å². The lowest BCUT2D eigenvalue weighted by Crippen LogP contribution is -2.56. The molecule has 0 saturated carbocycles. The van der Waals surface area contributed by atoms with Crippen molar-refractivity contribution in [3.63, 3.8) is 0 Å². The number of carbonyl (C=O) groups excluding carboxylic acids is 1. The van der Waals surface area contributed by atoms with Crippen LogP contribution in [0.2, 0.25) is 0 Å². The lowest BCUT2D eigenvalue weighted by molar-refractivity contribution is -0.139. The molecule has 1 aromatic carbocycles. The standard InChI is InChI=1S/C13H18N2O3/c14-12(5-9-1-3-11(17)4-2-9)13(18)15-6-10(7-15)8-16/h1-4,10,12,16-17H,5-8,14H2/t12-/m0/s1. The molecule has 1 saturated heterocycles. The Hall–Kier alpha value is -1.59. The lowest BCUT2D eigenvalue weighted by atomic mass is 9.98. The minimum atomic E-state index is -0.561. The van der Waals surface area contributed by atoms with Crippen LogP contribution < -0.4 is 5.73 Å². The van der Waals surface area contributed by atoms with E-state index in [1.165, 1.54) is 0 Å². The topological polar surface area (TPSA) is 86.8 Å². The average Bonchev–Trinajstić information content (AvgIpc) is 2.30. The van der Waals surface area contributed by atoms with Gasteiger partial charge in [0.15, 0.2) is 0 Å². The average molecular weight is 250 g/mol. The molecule has 1 heterocycles. The molecule has 0 aliphatic carbocycles. The van der Waals surface area contributed by atoms with Crippen molar-refractivity contribution in [3.05, 3.63) is 29.8 Å². The van der Waals surface area contributed by atoms with Gasteiger partial charge >= 0.3 is 0 Å². The minimum Gasteiger partial charge on any atom is -0.508 e. The van der Waals surface area contributed by atoms with Gasteiger partial charge in [0.1, 0.15) is 5.75 Å². The fourth-order valence-corrected chi connectivity index (χ4v) is 2.07. The number of rotatable bonds is 4. The molecule has 1 aliphatic rings. The Balaban J connectivity index is 1.86. The molecule has 0 bridgehead atoms. The maximum atomic E-state index is 11.9. The van der Waals surface area contributed by atoms with Gasteiger partial charge in [0.2, 0.25) is 5.91 Å². The maximum absolute atomic E-state index is 11.9. The Bertz CT molecular complexity index is 413. The molecule has 5 nitrogen and oxygen atoms in total. The SMILES string of the molecule is N[C@@H](Cc1ccc(O)cc1)C(=O)N1CC(CO)C1. The van der Waals surface area contributed by atoms with Crippen LogP contribution in [0.25, 0.3) is 0 Å². The summed E-state index contributed by atoms with van der Waals surface area (Å²) in [7, 11) is 0. The summed E-state index contributed by atoms with van der Waals surface area (Å²) < 4.78 is 0. The van der Waals surface area contributed by atoms with Crippen LogP contribution in [0.4, 0.5) is 0 Å². The van der Waals surface area contributed by atoms with E-state index in [9.17, 15) is 4.79 Å². The van der Waals surface area contributed by atoms with Gasteiger partial charge in [-0.05, 0) is 24.1 Å². The van der Waals surface area contributed by atoms with Gasteiger partial charge in [-0.2, -0.15) is 0 Å². The second-order valence-corrected chi connectivity index (χ2v) is 4.77. The number of aliphatic hydroxyl groups excluding tert-OH is 1. The Morgan fingerprint density at radius 1 is 1.39 bits per heavy atom. The van der Waals surface area contributed by atoms with Crippen LogP contribution in [0, 0.1) is 5.92 Å². The summed E-state index contributed by atoms with van der Waals surface area (Å²) in [5, 5.41) is 18.1. The van der Waals surface area contributed by atoms with Crippen molar-refractivity contribution in [2.75, 3.05) is 19.7 Å². The zero-order chi connectivity index (χ0) is 13.1. The first kappa shape index (κ1) is 12.9. The normalized spacial score (nSPS) is 17.3. The van der Waals surface area contributed by atoms with E-state index in [2.05, 4.69) is 0 Å². The third-order valence-electron chi connectivity index (χ3n) is 3.24. The molecule has 1 aromatic rings. The molecular weight excluding hydrogens is 232 g/mol. The van der Waals surface area contributed by atoms with E-state index in [0.717, 1.165) is 5.56 Å². The second kappa shape index (κ2) is 5.37. The maximum Gasteiger partial charge on any atom is 0.239 e. The number of aromatic hydroxyl groups is 1. The Kier molecular flexibility index (Phi) is 3.84. The smallest absolute Gasteiger partial charge is 0.239 e. The van der Waals surface area contributed by atoms with Crippen LogP contribution >= 0.6 is 0 Å². The highest BCUT2D eigenvalue weighted by atomic mass is 16.3. The number of benzene rings is 1. The van der Waals surface area contributed by atoms with Gasteiger partial charge in [0.05, 0.1) is 6.04 Å². The van der Waals surface area contributed by atoms with E-state index in [0.29, 0.717) is 19.5 Å². The molecule has 4 N–H and O–H groups in total. The summed E-state index contributed by atoms with van der Waals surface area (Å²) in [6.07, 6.45) is 0.458. The van der Waals surface area contributed by atoms with Gasteiger partial charge in [0, 0.05) is 25.6 Å². The van der Waals surface area contributed by atoms with E-state index in [1.54, 1.807) is 29.2 Å². The molecule has 0 spiro atoms. The molecule has 1 fully saturated rings. The predicted molar refractivity (Wildman–Crippen MR) is 66.9 cm³/mol. The van der Waals surface area contributed by atoms with Crippen molar-refractivity contribution >= 4 is 5.91 Å². The van der Waals surface area contributed by atoms with E-state index < -0.39 is 6.04 Å². The molecule has 0 unspecified atom stereocenters. The highest BCUT2D eigenvalue weighted by molar-refractivity contribution is 5.82. The Morgan fingerprint density at radius 2 is 2.00 bits per heavy atom. The molecule has 1 amide bonds. The number of phenolic OH excluding ortho intramolecular Hbond substituents is 1. The fraction of sp³-hybridized carbons (Fsp3) is 0.462. The first-order valence-electron chi connectivity index (χ1n) is 6.03. The van der Waals surface area contributed by atoms with Crippen molar-refractivity contribution in [2.45, 2.75) is 12.5 Å². The van der Waals surface area contributed by atoms with Crippen molar-refractivity contribution in [3.8, 4) is 5.75 Å². The van der Waals surface area contributed by atoms with Crippen LogP contribution in [-0.4, -0.2) is 46.8 Å². The quantitative estimate of drug-likeness (QED) is 0.685. The summed E-state index contributed by atoms with van der Waals surface area (Å²) in [6, 6.07) is 6.12. The van der Waals surface area contributed by atoms with Crippen LogP contribution in [0.15, 0.2) is 24.3 Å². The van der Waals surface area contributed by atoms with E-state index >= 15 is 0 Å². The number of nitrogens with zero attached hydrogens (tertiary/aromatic N) is 1. The molecular formula is C13H18N2O3. The van der Waals surface area contributed by atoms with E-state index in [4.69, 9.17) is 15.9 Å². The second-order valence-electron chi connectivity index (χ2n) is 4.77. The predicted octanol–water partition coefficient (Wildman–Crippen LogP) is -0.287.